The van der Waals surface area contributed by atoms with Crippen molar-refractivity contribution in [1.29, 1.82) is 0 Å². The van der Waals surface area contributed by atoms with E-state index in [1.54, 1.807) is 11.3 Å². The van der Waals surface area contributed by atoms with Crippen LogP contribution < -0.4 is 5.32 Å². The van der Waals surface area contributed by atoms with Gasteiger partial charge in [-0.3, -0.25) is 4.98 Å². The second-order valence-electron chi connectivity index (χ2n) is 4.91. The number of benzene rings is 1. The van der Waals surface area contributed by atoms with Gasteiger partial charge in [-0.15, -0.1) is 11.3 Å². The Kier molecular flexibility index (Phi) is 4.45. The summed E-state index contributed by atoms with van der Waals surface area (Å²) in [6.07, 6.45) is 0. The Labute approximate surface area is 144 Å². The molecule has 3 aromatic rings. The van der Waals surface area contributed by atoms with Gasteiger partial charge >= 0.3 is 0 Å². The van der Waals surface area contributed by atoms with Crippen molar-refractivity contribution in [3.8, 4) is 0 Å². The van der Waals surface area contributed by atoms with Gasteiger partial charge in [-0.1, -0.05) is 12.1 Å². The van der Waals surface area contributed by atoms with Crippen molar-refractivity contribution in [2.24, 2.45) is 0 Å². The summed E-state index contributed by atoms with van der Waals surface area (Å²) in [7, 11) is 1.99. The largest absolute Gasteiger partial charge is 0.309 e. The molecule has 0 saturated carbocycles. The van der Waals surface area contributed by atoms with Gasteiger partial charge in [0.1, 0.15) is 0 Å². The van der Waals surface area contributed by atoms with Gasteiger partial charge in [0, 0.05) is 11.1 Å². The minimum Gasteiger partial charge on any atom is -0.309 e. The molecule has 2 heterocycles. The van der Waals surface area contributed by atoms with E-state index in [1.807, 2.05) is 14.0 Å². The summed E-state index contributed by atoms with van der Waals surface area (Å²) in [5.41, 5.74) is 4.57. The molecule has 0 bridgehead atoms. The molecular weight excluding hydrogens is 412 g/mol. The van der Waals surface area contributed by atoms with Crippen molar-refractivity contribution in [2.75, 3.05) is 7.05 Å². The predicted octanol–water partition coefficient (Wildman–Crippen LogP) is 5.44. The number of nitrogens with one attached hydrogen (secondary N) is 1. The summed E-state index contributed by atoms with van der Waals surface area (Å²) in [6.45, 7) is 2.02. The first kappa shape index (κ1) is 15.2. The highest BCUT2D eigenvalue weighted by molar-refractivity contribution is 9.12. The Bertz CT molecular complexity index is 798. The van der Waals surface area contributed by atoms with E-state index in [0.717, 1.165) is 18.8 Å². The number of hydrogen-bond acceptors (Lipinski definition) is 3. The molecule has 0 aliphatic rings. The van der Waals surface area contributed by atoms with Gasteiger partial charge in [-0.25, -0.2) is 0 Å². The first-order valence-corrected chi connectivity index (χ1v) is 8.98. The average Bonchev–Trinajstić information content (AvgIpc) is 2.79. The van der Waals surface area contributed by atoms with Crippen LogP contribution in [0.3, 0.4) is 0 Å². The lowest BCUT2D eigenvalue weighted by atomic mass is 9.99. The van der Waals surface area contributed by atoms with E-state index in [2.05, 4.69) is 78.6 Å². The summed E-state index contributed by atoms with van der Waals surface area (Å²) in [6, 6.07) is 13.0. The Morgan fingerprint density at radius 2 is 1.95 bits per heavy atom. The Hall–Kier alpha value is -0.750. The predicted molar refractivity (Wildman–Crippen MR) is 97.1 cm³/mol. The number of aromatic nitrogens is 1. The van der Waals surface area contributed by atoms with Gasteiger partial charge in [-0.2, -0.15) is 0 Å². The van der Waals surface area contributed by atoms with E-state index in [0.29, 0.717) is 0 Å². The molecule has 108 valence electrons. The maximum absolute atomic E-state index is 4.56. The maximum atomic E-state index is 4.56. The highest BCUT2D eigenvalue weighted by Gasteiger charge is 2.18. The third kappa shape index (κ3) is 3.06. The number of halogens is 2. The molecule has 0 fully saturated rings. The molecule has 0 spiro atoms. The summed E-state index contributed by atoms with van der Waals surface area (Å²) in [5.74, 6) is 0. The van der Waals surface area contributed by atoms with Crippen molar-refractivity contribution in [3.63, 3.8) is 0 Å². The minimum atomic E-state index is 0.160. The Balaban J connectivity index is 2.08. The van der Waals surface area contributed by atoms with Gasteiger partial charge in [0.2, 0.25) is 0 Å². The minimum absolute atomic E-state index is 0.160. The van der Waals surface area contributed by atoms with Crippen molar-refractivity contribution in [1.82, 2.24) is 10.3 Å². The highest BCUT2D eigenvalue weighted by atomic mass is 79.9. The third-order valence-corrected chi connectivity index (χ3v) is 5.85. The fourth-order valence-electron chi connectivity index (χ4n) is 2.48. The third-order valence-electron chi connectivity index (χ3n) is 3.47. The van der Waals surface area contributed by atoms with E-state index in [-0.39, 0.29) is 6.04 Å². The van der Waals surface area contributed by atoms with Crippen molar-refractivity contribution < 1.29 is 0 Å². The van der Waals surface area contributed by atoms with Crippen LogP contribution in [0.2, 0.25) is 0 Å². The number of pyridine rings is 1. The molecular formula is C16H14Br2N2S. The van der Waals surface area contributed by atoms with Crippen LogP contribution in [0.5, 0.6) is 0 Å². The number of hydrogen-bond donors (Lipinski definition) is 1. The monoisotopic (exact) mass is 424 g/mol. The average molecular weight is 426 g/mol. The van der Waals surface area contributed by atoms with Crippen molar-refractivity contribution in [3.05, 3.63) is 60.8 Å². The van der Waals surface area contributed by atoms with Crippen LogP contribution in [0.1, 0.15) is 22.9 Å². The first-order valence-electron chi connectivity index (χ1n) is 6.58. The van der Waals surface area contributed by atoms with Crippen LogP contribution in [0.25, 0.3) is 10.9 Å². The van der Waals surface area contributed by atoms with E-state index < -0.39 is 0 Å². The molecule has 1 N–H and O–H groups in total. The van der Waals surface area contributed by atoms with Crippen LogP contribution in [-0.2, 0) is 0 Å². The van der Waals surface area contributed by atoms with Gasteiger partial charge in [0.05, 0.1) is 19.1 Å². The highest BCUT2D eigenvalue weighted by Crippen LogP contribution is 2.38. The van der Waals surface area contributed by atoms with Crippen molar-refractivity contribution >= 4 is 54.1 Å². The molecule has 21 heavy (non-hydrogen) atoms. The van der Waals surface area contributed by atoms with Crippen LogP contribution >= 0.6 is 43.2 Å². The lowest BCUT2D eigenvalue weighted by Gasteiger charge is -2.17. The summed E-state index contributed by atoms with van der Waals surface area (Å²) in [5, 5.41) is 4.57. The quantitative estimate of drug-likeness (QED) is 0.604. The second kappa shape index (κ2) is 6.16. The Morgan fingerprint density at radius 1 is 1.14 bits per heavy atom. The smallest absolute Gasteiger partial charge is 0.0761 e. The summed E-state index contributed by atoms with van der Waals surface area (Å²) in [4.78, 5) is 4.56. The normalized spacial score (nSPS) is 12.8. The van der Waals surface area contributed by atoms with E-state index in [4.69, 9.17) is 0 Å². The van der Waals surface area contributed by atoms with E-state index in [9.17, 15) is 0 Å². The second-order valence-corrected chi connectivity index (χ2v) is 8.66. The van der Waals surface area contributed by atoms with Crippen LogP contribution in [0, 0.1) is 6.92 Å². The molecule has 5 heteroatoms. The lowest BCUT2D eigenvalue weighted by molar-refractivity contribution is 0.692. The fourth-order valence-corrected chi connectivity index (χ4v) is 5.38. The standard InChI is InChI=1S/C16H14Br2N2S/c1-9-3-4-10-7-11(5-6-13(10)20-9)15(19-2)12-8-14(17)21-16(12)18/h3-8,15,19H,1-2H3. The molecule has 1 unspecified atom stereocenters. The summed E-state index contributed by atoms with van der Waals surface area (Å²) >= 11 is 8.90. The SMILES string of the molecule is CNC(c1ccc2nc(C)ccc2c1)c1cc(Br)sc1Br. The number of rotatable bonds is 3. The van der Waals surface area contributed by atoms with E-state index >= 15 is 0 Å². The molecule has 0 aliphatic carbocycles. The molecule has 2 nitrogen and oxygen atoms in total. The van der Waals surface area contributed by atoms with Crippen molar-refractivity contribution in [2.45, 2.75) is 13.0 Å². The number of fused-ring (bicyclic) bond motifs is 1. The first-order chi connectivity index (χ1) is 10.1. The molecule has 0 aliphatic heterocycles. The summed E-state index contributed by atoms with van der Waals surface area (Å²) < 4.78 is 2.28. The molecule has 0 amide bonds. The van der Waals surface area contributed by atoms with Gasteiger partial charge in [0.25, 0.3) is 0 Å². The lowest BCUT2D eigenvalue weighted by Crippen LogP contribution is -2.17. The van der Waals surface area contributed by atoms with E-state index in [1.165, 1.54) is 16.5 Å². The van der Waals surface area contributed by atoms with Crippen LogP contribution in [0.15, 0.2) is 44.0 Å². The molecule has 2 aromatic heterocycles. The van der Waals surface area contributed by atoms with Crippen LogP contribution in [0.4, 0.5) is 0 Å². The zero-order chi connectivity index (χ0) is 15.0. The van der Waals surface area contributed by atoms with Gasteiger partial charge < -0.3 is 5.32 Å². The number of nitrogens with zero attached hydrogens (tertiary/aromatic N) is 1. The number of thiophene rings is 1. The molecule has 0 saturated heterocycles. The molecule has 0 radical (unpaired) electrons. The maximum Gasteiger partial charge on any atom is 0.0761 e. The van der Waals surface area contributed by atoms with Gasteiger partial charge in [-0.05, 0) is 81.2 Å². The zero-order valence-electron chi connectivity index (χ0n) is 11.7. The topological polar surface area (TPSA) is 24.9 Å². The zero-order valence-corrected chi connectivity index (χ0v) is 15.6. The number of aryl methyl sites for hydroxylation is 1. The van der Waals surface area contributed by atoms with Gasteiger partial charge in [0.15, 0.2) is 0 Å². The fraction of sp³-hybridized carbons (Fsp3) is 0.188. The Morgan fingerprint density at radius 3 is 2.62 bits per heavy atom. The van der Waals surface area contributed by atoms with Crippen LogP contribution in [-0.4, -0.2) is 12.0 Å². The molecule has 3 rings (SSSR count). The molecule has 1 atom stereocenters. The molecule has 1 aromatic carbocycles.